The van der Waals surface area contributed by atoms with Crippen LogP contribution in [0.1, 0.15) is 27.7 Å². The zero-order chi connectivity index (χ0) is 35.6. The zero-order valence-corrected chi connectivity index (χ0v) is 21.4. The molecule has 0 aliphatic rings. The Bertz CT molecular complexity index is 1180. The molecular weight excluding hydrogens is 659 g/mol. The number of rotatable bonds is 13. The highest BCUT2D eigenvalue weighted by Crippen LogP contribution is 2.53. The number of methoxy groups -OCH3 is 1. The molecular formula is C20H15F17O6. The quantitative estimate of drug-likeness (QED) is 0.154. The van der Waals surface area contributed by atoms with Gasteiger partial charge in [-0.15, -0.1) is 0 Å². The first-order chi connectivity index (χ1) is 18.4. The van der Waals surface area contributed by atoms with Gasteiger partial charge in [0, 0.05) is 0 Å². The van der Waals surface area contributed by atoms with Crippen molar-refractivity contribution in [3.8, 4) is 0 Å². The molecule has 4 unspecified atom stereocenters. The number of carbonyl (C=O) groups excluding carboxylic acids is 5. The van der Waals surface area contributed by atoms with Gasteiger partial charge in [-0.25, -0.2) is 22.4 Å². The van der Waals surface area contributed by atoms with Crippen LogP contribution in [0.3, 0.4) is 0 Å². The Morgan fingerprint density at radius 3 is 0.884 bits per heavy atom. The summed E-state index contributed by atoms with van der Waals surface area (Å²) in [4.78, 5) is 58.1. The summed E-state index contributed by atoms with van der Waals surface area (Å²) in [5.74, 6) is -56.3. The summed E-state index contributed by atoms with van der Waals surface area (Å²) < 4.78 is 239. The van der Waals surface area contributed by atoms with Crippen LogP contribution in [0.25, 0.3) is 0 Å². The fourth-order valence-corrected chi connectivity index (χ4v) is 2.85. The molecule has 0 aliphatic heterocycles. The van der Waals surface area contributed by atoms with Gasteiger partial charge in [0.05, 0.1) is 7.11 Å². The van der Waals surface area contributed by atoms with Gasteiger partial charge in [0.15, 0.2) is 0 Å². The summed E-state index contributed by atoms with van der Waals surface area (Å²) in [5.41, 5.74) is -23.5. The second-order valence-corrected chi connectivity index (χ2v) is 9.19. The van der Waals surface area contributed by atoms with E-state index in [1.807, 2.05) is 0 Å². The van der Waals surface area contributed by atoms with Crippen LogP contribution in [0.5, 0.6) is 0 Å². The van der Waals surface area contributed by atoms with Gasteiger partial charge >= 0.3 is 41.8 Å². The molecule has 0 amide bonds. The van der Waals surface area contributed by atoms with Crippen LogP contribution in [0.2, 0.25) is 0 Å². The van der Waals surface area contributed by atoms with Gasteiger partial charge in [-0.2, -0.15) is 57.1 Å². The SMILES string of the molecule is COC(=O)C(C)(F)C(=O)C(F)(F)C(C)(F)C(=O)C(F)(F)C(C)(F)C(=O)C(F)(F)C(C)(F)C(=O)C(F)(F)C(F)(F)C(F)(F)F. The maximum atomic E-state index is 14.8. The van der Waals surface area contributed by atoms with Crippen molar-refractivity contribution < 1.29 is 103 Å². The minimum atomic E-state index is -7.70. The number of ether oxygens (including phenoxy) is 1. The maximum absolute atomic E-state index is 14.8. The number of halogens is 17. The number of alkyl halides is 17. The highest BCUT2D eigenvalue weighted by atomic mass is 19.4. The molecule has 0 saturated carbocycles. The highest BCUT2D eigenvalue weighted by molar-refractivity contribution is 6.14. The Kier molecular flexibility index (Phi) is 9.80. The third-order valence-electron chi connectivity index (χ3n) is 5.93. The molecule has 250 valence electrons. The van der Waals surface area contributed by atoms with Crippen molar-refractivity contribution in [1.29, 1.82) is 0 Å². The van der Waals surface area contributed by atoms with Gasteiger partial charge in [-0.3, -0.25) is 19.2 Å². The van der Waals surface area contributed by atoms with Crippen LogP contribution < -0.4 is 0 Å². The van der Waals surface area contributed by atoms with E-state index in [4.69, 9.17) is 0 Å². The lowest BCUT2D eigenvalue weighted by Gasteiger charge is -2.39. The summed E-state index contributed by atoms with van der Waals surface area (Å²) in [7, 11) is 0.239. The standard InChI is InChI=1S/C20H15F17O6/c1-11(21,10(42)43-5)6(38)15(25,26)12(2,22)7(39)16(27,28)13(3,23)8(40)17(29,30)14(4,24)9(41)18(31,32)19(33,34)20(35,36)37/h1-5H3. The van der Waals surface area contributed by atoms with E-state index in [2.05, 4.69) is 4.74 Å². The Morgan fingerprint density at radius 2 is 0.651 bits per heavy atom. The first-order valence-electron chi connectivity index (χ1n) is 10.3. The van der Waals surface area contributed by atoms with E-state index >= 15 is 0 Å². The fraction of sp³-hybridized carbons (Fsp3) is 0.750. The van der Waals surface area contributed by atoms with E-state index in [-0.39, 0.29) is 7.11 Å². The predicted octanol–water partition coefficient (Wildman–Crippen LogP) is 5.09. The van der Waals surface area contributed by atoms with E-state index < -0.39 is 115 Å². The maximum Gasteiger partial charge on any atom is 0.460 e. The normalized spacial score (nSPS) is 19.7. The van der Waals surface area contributed by atoms with Gasteiger partial charge in [0.25, 0.3) is 17.2 Å². The predicted molar refractivity (Wildman–Crippen MR) is 101 cm³/mol. The van der Waals surface area contributed by atoms with E-state index in [0.717, 1.165) is 0 Å². The molecule has 0 bridgehead atoms. The molecule has 0 saturated heterocycles. The molecule has 0 rings (SSSR count). The highest BCUT2D eigenvalue weighted by Gasteiger charge is 2.83. The fourth-order valence-electron chi connectivity index (χ4n) is 2.85. The summed E-state index contributed by atoms with van der Waals surface area (Å²) in [5, 5.41) is 0. The van der Waals surface area contributed by atoms with Crippen LogP contribution in [0, 0.1) is 0 Å². The van der Waals surface area contributed by atoms with Gasteiger partial charge in [-0.1, -0.05) is 0 Å². The summed E-state index contributed by atoms with van der Waals surface area (Å²) >= 11 is 0. The van der Waals surface area contributed by atoms with Crippen molar-refractivity contribution in [2.75, 3.05) is 7.11 Å². The molecule has 6 nitrogen and oxygen atoms in total. The summed E-state index contributed by atoms with van der Waals surface area (Å²) in [6.07, 6.45) is -7.51. The second kappa shape index (κ2) is 10.5. The van der Waals surface area contributed by atoms with Crippen LogP contribution in [0.15, 0.2) is 0 Å². The van der Waals surface area contributed by atoms with Crippen molar-refractivity contribution in [3.63, 3.8) is 0 Å². The van der Waals surface area contributed by atoms with Crippen molar-refractivity contribution in [2.24, 2.45) is 0 Å². The molecule has 0 spiro atoms. The lowest BCUT2D eigenvalue weighted by atomic mass is 9.76. The average Bonchev–Trinajstić information content (AvgIpc) is 2.84. The van der Waals surface area contributed by atoms with E-state index in [1.165, 1.54) is 0 Å². The Labute approximate surface area is 226 Å². The molecule has 0 aromatic heterocycles. The number of carbonyl (C=O) groups is 5. The molecule has 0 fully saturated rings. The molecule has 0 aromatic rings. The van der Waals surface area contributed by atoms with E-state index in [0.29, 0.717) is 0 Å². The monoisotopic (exact) mass is 674 g/mol. The molecule has 0 N–H and O–H groups in total. The van der Waals surface area contributed by atoms with Crippen molar-refractivity contribution in [3.05, 3.63) is 0 Å². The van der Waals surface area contributed by atoms with Crippen LogP contribution in [-0.2, 0) is 28.7 Å². The van der Waals surface area contributed by atoms with Crippen molar-refractivity contribution >= 4 is 29.1 Å². The number of hydrogen-bond acceptors (Lipinski definition) is 6. The van der Waals surface area contributed by atoms with Gasteiger partial charge in [0.2, 0.25) is 28.6 Å². The van der Waals surface area contributed by atoms with Gasteiger partial charge in [-0.05, 0) is 27.7 Å². The molecule has 0 aliphatic carbocycles. The van der Waals surface area contributed by atoms with Crippen molar-refractivity contribution in [2.45, 2.75) is 86.2 Å². The third-order valence-corrected chi connectivity index (χ3v) is 5.93. The van der Waals surface area contributed by atoms with Crippen LogP contribution >= 0.6 is 0 Å². The summed E-state index contributed by atoms with van der Waals surface area (Å²) in [6.45, 7) is -4.16. The Balaban J connectivity index is 6.94. The molecule has 23 heteroatoms. The first kappa shape index (κ1) is 40.0. The molecule has 0 heterocycles. The average molecular weight is 674 g/mol. The third kappa shape index (κ3) is 5.55. The number of hydrogen-bond donors (Lipinski definition) is 0. The van der Waals surface area contributed by atoms with Gasteiger partial charge < -0.3 is 4.74 Å². The Morgan fingerprint density at radius 1 is 0.419 bits per heavy atom. The smallest absolute Gasteiger partial charge is 0.460 e. The topological polar surface area (TPSA) is 94.6 Å². The molecule has 43 heavy (non-hydrogen) atoms. The molecule has 0 radical (unpaired) electrons. The van der Waals surface area contributed by atoms with Gasteiger partial charge in [0.1, 0.15) is 0 Å². The number of Topliss-reactive ketones (excluding diaryl/α,β-unsaturated/α-hetero) is 4. The Hall–Kier alpha value is -3.04. The zero-order valence-electron chi connectivity index (χ0n) is 21.4. The minimum absolute atomic E-state index is 0.239. The minimum Gasteiger partial charge on any atom is -0.466 e. The lowest BCUT2D eigenvalue weighted by Crippen LogP contribution is -2.71. The first-order valence-corrected chi connectivity index (χ1v) is 10.3. The number of ketones is 4. The molecule has 4 atom stereocenters. The van der Waals surface area contributed by atoms with Crippen molar-refractivity contribution in [1.82, 2.24) is 0 Å². The van der Waals surface area contributed by atoms with E-state index in [1.54, 1.807) is 0 Å². The largest absolute Gasteiger partial charge is 0.466 e. The van der Waals surface area contributed by atoms with Crippen LogP contribution in [-0.4, -0.2) is 94.7 Å². The summed E-state index contributed by atoms with van der Waals surface area (Å²) in [6, 6.07) is 0. The molecule has 0 aromatic carbocycles. The van der Waals surface area contributed by atoms with Crippen LogP contribution in [0.4, 0.5) is 74.6 Å². The van der Waals surface area contributed by atoms with E-state index in [9.17, 15) is 98.6 Å². The number of esters is 1. The lowest BCUT2D eigenvalue weighted by molar-refractivity contribution is -0.346. The second-order valence-electron chi connectivity index (χ2n) is 9.19.